The largest absolute Gasteiger partial charge is 0.497 e. The summed E-state index contributed by atoms with van der Waals surface area (Å²) < 4.78 is 15.5. The first-order valence-electron chi connectivity index (χ1n) is 7.27. The summed E-state index contributed by atoms with van der Waals surface area (Å²) in [5.74, 6) is -0.480. The van der Waals surface area contributed by atoms with Crippen molar-refractivity contribution < 1.29 is 23.8 Å². The Kier molecular flexibility index (Phi) is 4.04. The fourth-order valence-electron chi connectivity index (χ4n) is 2.14. The first kappa shape index (κ1) is 15.7. The van der Waals surface area contributed by atoms with Crippen LogP contribution in [0.15, 0.2) is 59.6 Å². The third kappa shape index (κ3) is 2.86. The van der Waals surface area contributed by atoms with E-state index in [2.05, 4.69) is 4.99 Å². The summed E-state index contributed by atoms with van der Waals surface area (Å²) in [6.45, 7) is 1.37. The molecule has 0 saturated carbocycles. The van der Waals surface area contributed by atoms with Gasteiger partial charge in [0.15, 0.2) is 0 Å². The molecule has 1 heterocycles. The summed E-state index contributed by atoms with van der Waals surface area (Å²) in [5, 5.41) is 0. The van der Waals surface area contributed by atoms with Gasteiger partial charge in [-0.3, -0.25) is 0 Å². The molecule has 24 heavy (non-hydrogen) atoms. The van der Waals surface area contributed by atoms with E-state index in [0.29, 0.717) is 17.1 Å². The van der Waals surface area contributed by atoms with E-state index < -0.39 is 17.5 Å². The van der Waals surface area contributed by atoms with Gasteiger partial charge in [0.2, 0.25) is 5.90 Å². The molecule has 0 saturated heterocycles. The van der Waals surface area contributed by atoms with Crippen molar-refractivity contribution in [1.82, 2.24) is 0 Å². The number of rotatable bonds is 4. The van der Waals surface area contributed by atoms with Gasteiger partial charge in [-0.1, -0.05) is 18.2 Å². The summed E-state index contributed by atoms with van der Waals surface area (Å²) >= 11 is 0. The number of carbonyl (C=O) groups excluding carboxylic acids is 2. The Hall–Kier alpha value is -3.15. The van der Waals surface area contributed by atoms with Gasteiger partial charge in [0.1, 0.15) is 11.5 Å². The molecule has 0 N–H and O–H groups in total. The molecule has 6 nitrogen and oxygen atoms in total. The molecule has 1 aliphatic rings. The van der Waals surface area contributed by atoms with Crippen molar-refractivity contribution in [3.8, 4) is 11.5 Å². The fraction of sp³-hybridized carbons (Fsp3) is 0.167. The van der Waals surface area contributed by atoms with Gasteiger partial charge < -0.3 is 14.2 Å². The van der Waals surface area contributed by atoms with Crippen LogP contribution in [0.5, 0.6) is 11.5 Å². The Morgan fingerprint density at radius 3 is 2.33 bits per heavy atom. The van der Waals surface area contributed by atoms with Crippen LogP contribution in [0.1, 0.15) is 12.5 Å². The molecule has 1 unspecified atom stereocenters. The van der Waals surface area contributed by atoms with E-state index >= 15 is 0 Å². The average molecular weight is 325 g/mol. The Morgan fingerprint density at radius 1 is 1.04 bits per heavy atom. The highest BCUT2D eigenvalue weighted by Crippen LogP contribution is 2.26. The molecule has 0 bridgehead atoms. The van der Waals surface area contributed by atoms with Crippen molar-refractivity contribution in [2.24, 2.45) is 4.99 Å². The Balaban J connectivity index is 1.84. The van der Waals surface area contributed by atoms with E-state index in [1.54, 1.807) is 61.7 Å². The maximum atomic E-state index is 12.4. The maximum Gasteiger partial charge on any atom is 0.352 e. The van der Waals surface area contributed by atoms with Gasteiger partial charge in [-0.25, -0.2) is 14.6 Å². The lowest BCUT2D eigenvalue weighted by molar-refractivity contribution is -0.150. The van der Waals surface area contributed by atoms with Crippen LogP contribution in [-0.2, 0) is 14.3 Å². The molecule has 0 aliphatic carbocycles. The molecule has 122 valence electrons. The lowest BCUT2D eigenvalue weighted by Gasteiger charge is -2.14. The standard InChI is InChI=1S/C18H15NO5/c1-18(16(20)23-14-6-4-3-5-7-14)17(21)24-15(19-18)12-8-10-13(22-2)11-9-12/h3-11H,1-2H3. The van der Waals surface area contributed by atoms with Gasteiger partial charge in [0.05, 0.1) is 7.11 Å². The predicted octanol–water partition coefficient (Wildman–Crippen LogP) is 2.36. The Morgan fingerprint density at radius 2 is 1.71 bits per heavy atom. The van der Waals surface area contributed by atoms with Crippen LogP contribution in [0.4, 0.5) is 0 Å². The Bertz CT molecular complexity index is 798. The second-order valence-electron chi connectivity index (χ2n) is 5.31. The van der Waals surface area contributed by atoms with Crippen LogP contribution in [0.3, 0.4) is 0 Å². The van der Waals surface area contributed by atoms with Crippen LogP contribution in [-0.4, -0.2) is 30.5 Å². The van der Waals surface area contributed by atoms with E-state index in [4.69, 9.17) is 14.2 Å². The zero-order valence-corrected chi connectivity index (χ0v) is 13.2. The normalized spacial score (nSPS) is 19.4. The highest BCUT2D eigenvalue weighted by Gasteiger charge is 2.50. The SMILES string of the molecule is COc1ccc(C2=NC(C)(C(=O)Oc3ccccc3)C(=O)O2)cc1. The van der Waals surface area contributed by atoms with Gasteiger partial charge in [0.25, 0.3) is 5.54 Å². The maximum absolute atomic E-state index is 12.4. The molecule has 1 atom stereocenters. The van der Waals surface area contributed by atoms with Gasteiger partial charge in [-0.2, -0.15) is 0 Å². The molecule has 0 radical (unpaired) electrons. The lowest BCUT2D eigenvalue weighted by Crippen LogP contribution is -2.42. The van der Waals surface area contributed by atoms with Crippen LogP contribution in [0, 0.1) is 0 Å². The van der Waals surface area contributed by atoms with Gasteiger partial charge >= 0.3 is 11.9 Å². The fourth-order valence-corrected chi connectivity index (χ4v) is 2.14. The first-order chi connectivity index (χ1) is 11.5. The van der Waals surface area contributed by atoms with E-state index in [0.717, 1.165) is 0 Å². The van der Waals surface area contributed by atoms with E-state index in [9.17, 15) is 9.59 Å². The average Bonchev–Trinajstić information content (AvgIpc) is 2.92. The molecule has 6 heteroatoms. The predicted molar refractivity (Wildman–Crippen MR) is 86.1 cm³/mol. The van der Waals surface area contributed by atoms with E-state index in [-0.39, 0.29) is 5.90 Å². The zero-order valence-electron chi connectivity index (χ0n) is 13.2. The summed E-state index contributed by atoms with van der Waals surface area (Å²) in [6, 6.07) is 15.3. The number of benzene rings is 2. The molecular formula is C18H15NO5. The van der Waals surface area contributed by atoms with Crippen molar-refractivity contribution in [3.63, 3.8) is 0 Å². The monoisotopic (exact) mass is 325 g/mol. The highest BCUT2D eigenvalue weighted by atomic mass is 16.6. The molecule has 1 aliphatic heterocycles. The third-order valence-electron chi connectivity index (χ3n) is 3.60. The summed E-state index contributed by atoms with van der Waals surface area (Å²) in [4.78, 5) is 28.7. The number of esters is 2. The quantitative estimate of drug-likeness (QED) is 0.490. The number of hydrogen-bond acceptors (Lipinski definition) is 6. The number of para-hydroxylation sites is 1. The molecule has 3 rings (SSSR count). The van der Waals surface area contributed by atoms with Crippen molar-refractivity contribution in [3.05, 3.63) is 60.2 Å². The number of nitrogens with zero attached hydrogens (tertiary/aromatic N) is 1. The van der Waals surface area contributed by atoms with E-state index in [1.807, 2.05) is 0 Å². The lowest BCUT2D eigenvalue weighted by atomic mass is 10.1. The van der Waals surface area contributed by atoms with Crippen molar-refractivity contribution >= 4 is 17.8 Å². The van der Waals surface area contributed by atoms with Gasteiger partial charge in [-0.05, 0) is 43.3 Å². The highest BCUT2D eigenvalue weighted by molar-refractivity contribution is 6.17. The number of ether oxygens (including phenoxy) is 3. The van der Waals surface area contributed by atoms with Crippen molar-refractivity contribution in [1.29, 1.82) is 0 Å². The molecule has 2 aromatic rings. The van der Waals surface area contributed by atoms with Crippen LogP contribution in [0.25, 0.3) is 0 Å². The number of carbonyl (C=O) groups is 2. The first-order valence-corrected chi connectivity index (χ1v) is 7.27. The second-order valence-corrected chi connectivity index (χ2v) is 5.31. The minimum atomic E-state index is -1.73. The van der Waals surface area contributed by atoms with Gasteiger partial charge in [-0.15, -0.1) is 0 Å². The Labute approximate surface area is 138 Å². The van der Waals surface area contributed by atoms with Gasteiger partial charge in [0, 0.05) is 5.56 Å². The number of hydrogen-bond donors (Lipinski definition) is 0. The van der Waals surface area contributed by atoms with Crippen molar-refractivity contribution in [2.75, 3.05) is 7.11 Å². The second kappa shape index (κ2) is 6.16. The van der Waals surface area contributed by atoms with E-state index in [1.165, 1.54) is 6.92 Å². The smallest absolute Gasteiger partial charge is 0.352 e. The molecular weight excluding hydrogens is 310 g/mol. The summed E-state index contributed by atoms with van der Waals surface area (Å²) in [5.41, 5.74) is -1.16. The summed E-state index contributed by atoms with van der Waals surface area (Å²) in [6.07, 6.45) is 0. The molecule has 0 aromatic heterocycles. The van der Waals surface area contributed by atoms with Crippen molar-refractivity contribution in [2.45, 2.75) is 12.5 Å². The molecule has 0 amide bonds. The van der Waals surface area contributed by atoms with Crippen LogP contribution < -0.4 is 9.47 Å². The number of cyclic esters (lactones) is 1. The molecule has 2 aromatic carbocycles. The van der Waals surface area contributed by atoms with Crippen LogP contribution in [0.2, 0.25) is 0 Å². The number of aliphatic imine (C=N–C) groups is 1. The number of methoxy groups -OCH3 is 1. The molecule has 0 spiro atoms. The summed E-state index contributed by atoms with van der Waals surface area (Å²) in [7, 11) is 1.55. The third-order valence-corrected chi connectivity index (χ3v) is 3.60. The topological polar surface area (TPSA) is 74.2 Å². The van der Waals surface area contributed by atoms with Crippen LogP contribution >= 0.6 is 0 Å². The minimum Gasteiger partial charge on any atom is -0.497 e. The molecule has 0 fully saturated rings. The zero-order chi connectivity index (χ0) is 17.2. The minimum absolute atomic E-state index is 0.0789.